The Morgan fingerprint density at radius 3 is 2.33 bits per heavy atom. The third-order valence-corrected chi connectivity index (χ3v) is 4.66. The van der Waals surface area contributed by atoms with Gasteiger partial charge in [0.1, 0.15) is 5.75 Å². The summed E-state index contributed by atoms with van der Waals surface area (Å²) in [7, 11) is 1.59. The van der Waals surface area contributed by atoms with E-state index in [9.17, 15) is 9.59 Å². The second kappa shape index (κ2) is 8.12. The fourth-order valence-electron chi connectivity index (χ4n) is 3.12. The van der Waals surface area contributed by atoms with Crippen LogP contribution in [0.15, 0.2) is 48.5 Å². The summed E-state index contributed by atoms with van der Waals surface area (Å²) in [5.74, 6) is 0.972. The number of nitrogens with zero attached hydrogens (tertiary/aromatic N) is 1. The van der Waals surface area contributed by atoms with Crippen molar-refractivity contribution in [3.63, 3.8) is 0 Å². The quantitative estimate of drug-likeness (QED) is 0.604. The highest BCUT2D eigenvalue weighted by Crippen LogP contribution is 2.40. The van der Waals surface area contributed by atoms with Gasteiger partial charge in [0.15, 0.2) is 5.75 Å². The van der Waals surface area contributed by atoms with Crippen molar-refractivity contribution in [2.75, 3.05) is 17.3 Å². The Labute approximate surface area is 159 Å². The van der Waals surface area contributed by atoms with Crippen LogP contribution in [-0.2, 0) is 4.79 Å². The van der Waals surface area contributed by atoms with Crippen LogP contribution >= 0.6 is 0 Å². The van der Waals surface area contributed by atoms with Crippen LogP contribution in [0.3, 0.4) is 0 Å². The fourth-order valence-corrected chi connectivity index (χ4v) is 3.12. The lowest BCUT2D eigenvalue weighted by Crippen LogP contribution is -2.43. The van der Waals surface area contributed by atoms with Crippen molar-refractivity contribution in [1.29, 1.82) is 0 Å². The lowest BCUT2D eigenvalue weighted by molar-refractivity contribution is -0.131. The molecule has 142 valence electrons. The second-order valence-electron chi connectivity index (χ2n) is 6.64. The third-order valence-electron chi connectivity index (χ3n) is 4.66. The molecule has 1 aliphatic carbocycles. The van der Waals surface area contributed by atoms with Crippen LogP contribution in [0.4, 0.5) is 16.2 Å². The minimum atomic E-state index is -0.440. The Bertz CT molecular complexity index is 832. The predicted molar refractivity (Wildman–Crippen MR) is 104 cm³/mol. The van der Waals surface area contributed by atoms with Gasteiger partial charge in [0.05, 0.1) is 18.5 Å². The molecule has 27 heavy (non-hydrogen) atoms. The van der Waals surface area contributed by atoms with Crippen molar-refractivity contribution in [1.82, 2.24) is 0 Å². The van der Waals surface area contributed by atoms with Crippen molar-refractivity contribution >= 4 is 23.4 Å². The second-order valence-corrected chi connectivity index (χ2v) is 6.64. The zero-order valence-corrected chi connectivity index (χ0v) is 15.8. The summed E-state index contributed by atoms with van der Waals surface area (Å²) in [5.41, 5.74) is 1.16. The first-order chi connectivity index (χ1) is 13.0. The summed E-state index contributed by atoms with van der Waals surface area (Å²) in [5, 5.41) is 2.88. The van der Waals surface area contributed by atoms with Gasteiger partial charge in [-0.1, -0.05) is 24.3 Å². The summed E-state index contributed by atoms with van der Waals surface area (Å²) < 4.78 is 10.7. The van der Waals surface area contributed by atoms with Gasteiger partial charge in [0.25, 0.3) is 0 Å². The highest BCUT2D eigenvalue weighted by atomic mass is 16.5. The molecule has 0 aliphatic heterocycles. The lowest BCUT2D eigenvalue weighted by Gasteiger charge is -2.31. The molecule has 3 rings (SSSR count). The fraction of sp³-hybridized carbons (Fsp3) is 0.333. The smallest absolute Gasteiger partial charge is 0.326 e. The average Bonchev–Trinajstić information content (AvgIpc) is 3.48. The van der Waals surface area contributed by atoms with Gasteiger partial charge >= 0.3 is 12.0 Å². The van der Waals surface area contributed by atoms with E-state index in [-0.39, 0.29) is 12.1 Å². The molecular formula is C21H24N2O4. The van der Waals surface area contributed by atoms with E-state index in [0.29, 0.717) is 28.8 Å². The van der Waals surface area contributed by atoms with Crippen molar-refractivity contribution in [2.45, 2.75) is 32.7 Å². The van der Waals surface area contributed by atoms with E-state index in [1.54, 1.807) is 36.3 Å². The standard InChI is InChI=1S/C21H24N2O4/c1-14(16-12-13-16)23(18-9-5-7-11-20(18)26-3)21(25)22-17-8-4-6-10-19(17)27-15(2)24/h4-11,14,16H,12-13H2,1-3H3,(H,22,25). The topological polar surface area (TPSA) is 67.9 Å². The third kappa shape index (κ3) is 4.39. The van der Waals surface area contributed by atoms with Gasteiger partial charge in [0.2, 0.25) is 0 Å². The summed E-state index contributed by atoms with van der Waals surface area (Å²) in [6, 6.07) is 14.1. The van der Waals surface area contributed by atoms with Gasteiger partial charge in [-0.25, -0.2) is 4.79 Å². The summed E-state index contributed by atoms with van der Waals surface area (Å²) in [6.07, 6.45) is 2.20. The van der Waals surface area contributed by atoms with Gasteiger partial charge in [0, 0.05) is 13.0 Å². The van der Waals surface area contributed by atoms with E-state index in [1.807, 2.05) is 31.2 Å². The number of carbonyl (C=O) groups is 2. The number of hydrogen-bond donors (Lipinski definition) is 1. The Morgan fingerprint density at radius 2 is 1.70 bits per heavy atom. The van der Waals surface area contributed by atoms with E-state index in [0.717, 1.165) is 12.8 Å². The van der Waals surface area contributed by atoms with E-state index in [2.05, 4.69) is 5.32 Å². The van der Waals surface area contributed by atoms with Crippen LogP contribution < -0.4 is 19.7 Å². The maximum absolute atomic E-state index is 13.2. The molecule has 1 atom stereocenters. The first kappa shape index (κ1) is 18.8. The van der Waals surface area contributed by atoms with Gasteiger partial charge in [-0.15, -0.1) is 0 Å². The minimum Gasteiger partial charge on any atom is -0.495 e. The summed E-state index contributed by atoms with van der Waals surface area (Å²) in [6.45, 7) is 3.37. The first-order valence-corrected chi connectivity index (χ1v) is 9.02. The maximum Gasteiger partial charge on any atom is 0.326 e. The number of esters is 1. The molecule has 0 aromatic heterocycles. The van der Waals surface area contributed by atoms with Gasteiger partial charge in [-0.2, -0.15) is 0 Å². The summed E-state index contributed by atoms with van der Waals surface area (Å²) in [4.78, 5) is 26.3. The van der Waals surface area contributed by atoms with E-state index in [4.69, 9.17) is 9.47 Å². The number of benzene rings is 2. The number of para-hydroxylation sites is 4. The zero-order chi connectivity index (χ0) is 19.4. The SMILES string of the molecule is COc1ccccc1N(C(=O)Nc1ccccc1OC(C)=O)C(C)C1CC1. The summed E-state index contributed by atoms with van der Waals surface area (Å²) >= 11 is 0. The molecule has 0 spiro atoms. The van der Waals surface area contributed by atoms with Crippen LogP contribution in [-0.4, -0.2) is 25.2 Å². The number of ether oxygens (including phenoxy) is 2. The van der Waals surface area contributed by atoms with E-state index >= 15 is 0 Å². The number of hydrogen-bond acceptors (Lipinski definition) is 4. The largest absolute Gasteiger partial charge is 0.495 e. The molecule has 6 heteroatoms. The number of methoxy groups -OCH3 is 1. The van der Waals surface area contributed by atoms with Crippen molar-refractivity contribution in [3.8, 4) is 11.5 Å². The average molecular weight is 368 g/mol. The Morgan fingerprint density at radius 1 is 1.07 bits per heavy atom. The molecule has 1 saturated carbocycles. The number of amides is 2. The Hall–Kier alpha value is -3.02. The molecule has 6 nitrogen and oxygen atoms in total. The van der Waals surface area contributed by atoms with Crippen LogP contribution in [0, 0.1) is 5.92 Å². The molecular weight excluding hydrogens is 344 g/mol. The molecule has 2 aromatic carbocycles. The molecule has 2 aromatic rings. The number of nitrogens with one attached hydrogen (secondary N) is 1. The monoisotopic (exact) mass is 368 g/mol. The Balaban J connectivity index is 1.91. The zero-order valence-electron chi connectivity index (χ0n) is 15.8. The van der Waals surface area contributed by atoms with Crippen LogP contribution in [0.25, 0.3) is 0 Å². The van der Waals surface area contributed by atoms with Gasteiger partial charge in [-0.05, 0) is 49.9 Å². The minimum absolute atomic E-state index is 0.0159. The first-order valence-electron chi connectivity index (χ1n) is 9.02. The molecule has 2 amide bonds. The number of rotatable bonds is 6. The molecule has 1 fully saturated rings. The number of urea groups is 1. The Kier molecular flexibility index (Phi) is 5.64. The van der Waals surface area contributed by atoms with Crippen LogP contribution in [0.1, 0.15) is 26.7 Å². The van der Waals surface area contributed by atoms with Crippen LogP contribution in [0.5, 0.6) is 11.5 Å². The normalized spacial score (nSPS) is 14.2. The molecule has 0 heterocycles. The molecule has 0 bridgehead atoms. The van der Waals surface area contributed by atoms with Crippen LogP contribution in [0.2, 0.25) is 0 Å². The van der Waals surface area contributed by atoms with Gasteiger partial charge in [-0.3, -0.25) is 9.69 Å². The van der Waals surface area contributed by atoms with Crippen molar-refractivity contribution in [2.24, 2.45) is 5.92 Å². The highest BCUT2D eigenvalue weighted by Gasteiger charge is 2.36. The molecule has 1 aliphatic rings. The van der Waals surface area contributed by atoms with E-state index < -0.39 is 5.97 Å². The van der Waals surface area contributed by atoms with Crippen molar-refractivity contribution < 1.29 is 19.1 Å². The maximum atomic E-state index is 13.2. The van der Waals surface area contributed by atoms with Gasteiger partial charge < -0.3 is 14.8 Å². The molecule has 1 unspecified atom stereocenters. The number of anilines is 2. The van der Waals surface area contributed by atoms with Crippen molar-refractivity contribution in [3.05, 3.63) is 48.5 Å². The predicted octanol–water partition coefficient (Wildman–Crippen LogP) is 4.46. The molecule has 0 saturated heterocycles. The molecule has 0 radical (unpaired) electrons. The van der Waals surface area contributed by atoms with E-state index in [1.165, 1.54) is 6.92 Å². The number of carbonyl (C=O) groups excluding carboxylic acids is 2. The molecule has 1 N–H and O–H groups in total. The lowest BCUT2D eigenvalue weighted by atomic mass is 10.1. The highest BCUT2D eigenvalue weighted by molar-refractivity contribution is 6.04.